The Morgan fingerprint density at radius 1 is 1.09 bits per heavy atom. The van der Waals surface area contributed by atoms with Crippen molar-refractivity contribution in [1.82, 2.24) is 10.4 Å². The molecular weight excluding hydrogens is 441 g/mol. The van der Waals surface area contributed by atoms with Crippen molar-refractivity contribution in [2.45, 2.75) is 31.6 Å². The Labute approximate surface area is 188 Å². The number of nitrogens with one attached hydrogen (secondary N) is 1. The van der Waals surface area contributed by atoms with Crippen molar-refractivity contribution in [2.75, 3.05) is 19.8 Å². The maximum Gasteiger partial charge on any atom is 0.416 e. The van der Waals surface area contributed by atoms with E-state index >= 15 is 0 Å². The molecule has 10 heteroatoms. The van der Waals surface area contributed by atoms with Crippen molar-refractivity contribution >= 4 is 11.8 Å². The fourth-order valence-electron chi connectivity index (χ4n) is 4.19. The number of carbonyl (C=O) groups is 2. The molecule has 2 aliphatic heterocycles. The van der Waals surface area contributed by atoms with Crippen molar-refractivity contribution in [3.05, 3.63) is 64.7 Å². The van der Waals surface area contributed by atoms with Crippen LogP contribution < -0.4 is 10.2 Å². The number of amides is 2. The number of halogens is 3. The Morgan fingerprint density at radius 3 is 2.55 bits per heavy atom. The van der Waals surface area contributed by atoms with Crippen LogP contribution in [-0.4, -0.2) is 41.7 Å². The highest BCUT2D eigenvalue weighted by Crippen LogP contribution is 2.37. The first-order valence-corrected chi connectivity index (χ1v) is 10.5. The van der Waals surface area contributed by atoms with Crippen LogP contribution in [0.3, 0.4) is 0 Å². The molecule has 0 unspecified atom stereocenters. The second-order valence-corrected chi connectivity index (χ2v) is 8.07. The summed E-state index contributed by atoms with van der Waals surface area (Å²) < 4.78 is 51.3. The Balaban J connectivity index is 1.72. The Morgan fingerprint density at radius 2 is 1.85 bits per heavy atom. The molecule has 2 N–H and O–H groups in total. The number of hydroxylamine groups is 1. The maximum atomic E-state index is 13.5. The van der Waals surface area contributed by atoms with Crippen molar-refractivity contribution in [3.8, 4) is 5.75 Å². The van der Waals surface area contributed by atoms with Gasteiger partial charge in [-0.3, -0.25) is 14.8 Å². The second kappa shape index (κ2) is 9.40. The Kier molecular flexibility index (Phi) is 6.57. The average Bonchev–Trinajstić information content (AvgIpc) is 3.02. The number of hydrogen-bond acceptors (Lipinski definition) is 5. The third-order valence-electron chi connectivity index (χ3n) is 6.00. The minimum atomic E-state index is -4.52. The molecular formula is C23H23F3N2O5. The van der Waals surface area contributed by atoms with E-state index in [-0.39, 0.29) is 30.5 Å². The normalized spacial score (nSPS) is 19.3. The van der Waals surface area contributed by atoms with E-state index in [9.17, 15) is 22.8 Å². The third kappa shape index (κ3) is 4.96. The molecule has 0 saturated carbocycles. The highest BCUT2D eigenvalue weighted by Gasteiger charge is 2.36. The summed E-state index contributed by atoms with van der Waals surface area (Å²) >= 11 is 0. The average molecular weight is 464 g/mol. The van der Waals surface area contributed by atoms with E-state index in [1.54, 1.807) is 22.5 Å². The summed E-state index contributed by atoms with van der Waals surface area (Å²) in [6, 6.07) is 8.66. The van der Waals surface area contributed by atoms with Crippen LogP contribution in [0.5, 0.6) is 5.75 Å². The quantitative estimate of drug-likeness (QED) is 0.534. The summed E-state index contributed by atoms with van der Waals surface area (Å²) in [5, 5.41) is 8.89. The van der Waals surface area contributed by atoms with E-state index in [0.29, 0.717) is 42.9 Å². The van der Waals surface area contributed by atoms with Gasteiger partial charge in [-0.25, -0.2) is 5.48 Å². The zero-order chi connectivity index (χ0) is 23.6. The summed E-state index contributed by atoms with van der Waals surface area (Å²) in [6.45, 7) is 0.914. The number of alkyl halides is 3. The smallest absolute Gasteiger partial charge is 0.416 e. The van der Waals surface area contributed by atoms with Crippen LogP contribution in [0.15, 0.2) is 42.5 Å². The molecule has 1 atom stereocenters. The largest absolute Gasteiger partial charge is 0.491 e. The molecule has 2 aliphatic rings. The van der Waals surface area contributed by atoms with Crippen molar-refractivity contribution in [1.29, 1.82) is 0 Å². The molecule has 1 saturated heterocycles. The summed E-state index contributed by atoms with van der Waals surface area (Å²) in [5.41, 5.74) is 1.82. The molecule has 0 radical (unpaired) electrons. The van der Waals surface area contributed by atoms with Gasteiger partial charge >= 0.3 is 6.18 Å². The molecule has 33 heavy (non-hydrogen) atoms. The van der Waals surface area contributed by atoms with Crippen LogP contribution >= 0.6 is 0 Å². The zero-order valence-electron chi connectivity index (χ0n) is 17.6. The lowest BCUT2D eigenvalue weighted by atomic mass is 9.95. The minimum Gasteiger partial charge on any atom is -0.491 e. The van der Waals surface area contributed by atoms with Crippen LogP contribution in [0, 0.1) is 5.92 Å². The van der Waals surface area contributed by atoms with E-state index in [1.165, 1.54) is 18.2 Å². The van der Waals surface area contributed by atoms with Gasteiger partial charge in [-0.2, -0.15) is 13.2 Å². The SMILES string of the molecule is O=C(NO)c1ccc2c(c1)OC[C@H](c1cccc(C(F)(F)F)c1)N(C(=O)C1CCOCC1)C2. The van der Waals surface area contributed by atoms with Gasteiger partial charge in [-0.05, 0) is 42.7 Å². The van der Waals surface area contributed by atoms with E-state index in [1.807, 2.05) is 0 Å². The van der Waals surface area contributed by atoms with Crippen molar-refractivity contribution in [2.24, 2.45) is 5.92 Å². The first-order chi connectivity index (χ1) is 15.8. The number of hydrogen-bond donors (Lipinski definition) is 2. The molecule has 2 amide bonds. The first-order valence-electron chi connectivity index (χ1n) is 10.5. The van der Waals surface area contributed by atoms with Gasteiger partial charge in [0.2, 0.25) is 5.91 Å². The minimum absolute atomic E-state index is 0.0898. The van der Waals surface area contributed by atoms with Gasteiger partial charge in [0.25, 0.3) is 5.91 Å². The van der Waals surface area contributed by atoms with E-state index in [4.69, 9.17) is 14.7 Å². The third-order valence-corrected chi connectivity index (χ3v) is 6.00. The summed E-state index contributed by atoms with van der Waals surface area (Å²) in [4.78, 5) is 26.8. The maximum absolute atomic E-state index is 13.5. The second-order valence-electron chi connectivity index (χ2n) is 8.07. The van der Waals surface area contributed by atoms with Crippen LogP contribution in [-0.2, 0) is 22.3 Å². The molecule has 2 aromatic rings. The van der Waals surface area contributed by atoms with Crippen LogP contribution in [0.4, 0.5) is 13.2 Å². The summed E-state index contributed by atoms with van der Waals surface area (Å²) in [5.74, 6) is -0.868. The van der Waals surface area contributed by atoms with E-state index < -0.39 is 23.7 Å². The molecule has 0 bridgehead atoms. The topological polar surface area (TPSA) is 88.1 Å². The van der Waals surface area contributed by atoms with Gasteiger partial charge in [0.1, 0.15) is 12.4 Å². The van der Waals surface area contributed by atoms with Gasteiger partial charge < -0.3 is 14.4 Å². The molecule has 0 aliphatic carbocycles. The fourth-order valence-corrected chi connectivity index (χ4v) is 4.19. The van der Waals surface area contributed by atoms with Gasteiger partial charge in [0.05, 0.1) is 18.2 Å². The Bertz CT molecular complexity index is 1040. The Hall–Kier alpha value is -3.11. The molecule has 1 fully saturated rings. The van der Waals surface area contributed by atoms with Crippen molar-refractivity contribution < 1.29 is 37.4 Å². The molecule has 0 spiro atoms. The highest BCUT2D eigenvalue weighted by atomic mass is 19.4. The molecule has 2 aromatic carbocycles. The predicted molar refractivity (Wildman–Crippen MR) is 109 cm³/mol. The lowest BCUT2D eigenvalue weighted by molar-refractivity contribution is -0.142. The number of benzene rings is 2. The molecule has 4 rings (SSSR count). The fraction of sp³-hybridized carbons (Fsp3) is 0.391. The number of fused-ring (bicyclic) bond motifs is 1. The summed E-state index contributed by atoms with van der Waals surface area (Å²) in [6.07, 6.45) is -3.45. The van der Waals surface area contributed by atoms with Crippen molar-refractivity contribution in [3.63, 3.8) is 0 Å². The lowest BCUT2D eigenvalue weighted by Crippen LogP contribution is -2.41. The van der Waals surface area contributed by atoms with Gasteiger partial charge in [-0.1, -0.05) is 18.2 Å². The molecule has 7 nitrogen and oxygen atoms in total. The standard InChI is InChI=1S/C23H23F3N2O5/c24-23(25,26)18-3-1-2-15(10-18)19-13-33-20-11-16(21(29)27-31)4-5-17(20)12-28(19)22(30)14-6-8-32-9-7-14/h1-5,10-11,14,19,31H,6-9,12-13H2,(H,27,29)/t19-/m1/s1. The number of ether oxygens (including phenoxy) is 2. The number of nitrogens with zero attached hydrogens (tertiary/aromatic N) is 1. The molecule has 176 valence electrons. The van der Waals surface area contributed by atoms with Gasteiger partial charge in [0.15, 0.2) is 0 Å². The van der Waals surface area contributed by atoms with E-state index in [0.717, 1.165) is 12.1 Å². The number of rotatable bonds is 3. The number of carbonyl (C=O) groups excluding carboxylic acids is 2. The molecule has 2 heterocycles. The van der Waals surface area contributed by atoms with Gasteiger partial charge in [-0.15, -0.1) is 0 Å². The van der Waals surface area contributed by atoms with Gasteiger partial charge in [0, 0.05) is 30.3 Å². The zero-order valence-corrected chi connectivity index (χ0v) is 17.6. The van der Waals surface area contributed by atoms with E-state index in [2.05, 4.69) is 0 Å². The molecule has 0 aromatic heterocycles. The highest BCUT2D eigenvalue weighted by molar-refractivity contribution is 5.93. The van der Waals surface area contributed by atoms with Crippen LogP contribution in [0.25, 0.3) is 0 Å². The van der Waals surface area contributed by atoms with Crippen LogP contribution in [0.2, 0.25) is 0 Å². The predicted octanol–water partition coefficient (Wildman–Crippen LogP) is 3.71. The summed E-state index contributed by atoms with van der Waals surface area (Å²) in [7, 11) is 0. The monoisotopic (exact) mass is 464 g/mol. The first kappa shape index (κ1) is 23.1. The lowest BCUT2D eigenvalue weighted by Gasteiger charge is -2.34. The van der Waals surface area contributed by atoms with Crippen LogP contribution in [0.1, 0.15) is 45.9 Å².